The minimum absolute atomic E-state index is 0.0114. The van der Waals surface area contributed by atoms with Gasteiger partial charge in [-0.1, -0.05) is 45.0 Å². The van der Waals surface area contributed by atoms with E-state index in [4.69, 9.17) is 14.5 Å². The van der Waals surface area contributed by atoms with E-state index in [1.165, 1.54) is 10.1 Å². The number of aromatic nitrogens is 2. The second-order valence-electron chi connectivity index (χ2n) is 12.1. The molecule has 1 aliphatic rings. The Hall–Kier alpha value is -4.47. The first kappa shape index (κ1) is 31.0. The molecular weight excluding hydrogens is 554 g/mol. The van der Waals surface area contributed by atoms with Crippen LogP contribution in [-0.2, 0) is 17.2 Å². The first-order valence-electron chi connectivity index (χ1n) is 15.0. The lowest BCUT2D eigenvalue weighted by Crippen LogP contribution is -2.38. The van der Waals surface area contributed by atoms with E-state index in [1.807, 2.05) is 73.7 Å². The fourth-order valence-corrected chi connectivity index (χ4v) is 5.07. The van der Waals surface area contributed by atoms with Crippen LogP contribution < -0.4 is 20.9 Å². The minimum Gasteiger partial charge on any atom is -0.492 e. The monoisotopic (exact) mass is 595 g/mol. The summed E-state index contributed by atoms with van der Waals surface area (Å²) in [7, 11) is 1.70. The van der Waals surface area contributed by atoms with Gasteiger partial charge in [-0.25, -0.2) is 4.98 Å². The van der Waals surface area contributed by atoms with Gasteiger partial charge in [0.15, 0.2) is 5.82 Å². The molecule has 230 valence electrons. The molecule has 0 unspecified atom stereocenters. The van der Waals surface area contributed by atoms with Crippen LogP contribution in [-0.4, -0.2) is 59.8 Å². The highest BCUT2D eigenvalue weighted by Crippen LogP contribution is 2.29. The Bertz CT molecular complexity index is 1650. The third-order valence-electron chi connectivity index (χ3n) is 7.84. The Kier molecular flexibility index (Phi) is 9.46. The second kappa shape index (κ2) is 13.4. The van der Waals surface area contributed by atoms with Gasteiger partial charge in [-0.3, -0.25) is 14.5 Å². The van der Waals surface area contributed by atoms with E-state index in [2.05, 4.69) is 36.3 Å². The molecule has 1 saturated heterocycles. The number of hydrogen-bond donors (Lipinski definition) is 2. The van der Waals surface area contributed by atoms with Gasteiger partial charge in [0.2, 0.25) is 0 Å². The van der Waals surface area contributed by atoms with E-state index in [0.29, 0.717) is 23.6 Å². The lowest BCUT2D eigenvalue weighted by atomic mass is 9.86. The van der Waals surface area contributed by atoms with Crippen molar-refractivity contribution in [3.8, 4) is 17.0 Å². The number of ether oxygens (including phenoxy) is 2. The maximum absolute atomic E-state index is 13.1. The largest absolute Gasteiger partial charge is 0.492 e. The number of hydrogen-bond acceptors (Lipinski definition) is 7. The van der Waals surface area contributed by atoms with Gasteiger partial charge in [-0.2, -0.15) is 0 Å². The average Bonchev–Trinajstić information content (AvgIpc) is 3.01. The maximum Gasteiger partial charge on any atom is 0.293 e. The highest BCUT2D eigenvalue weighted by molar-refractivity contribution is 6.05. The summed E-state index contributed by atoms with van der Waals surface area (Å²) in [6.45, 7) is 13.2. The molecule has 3 aromatic carbocycles. The van der Waals surface area contributed by atoms with Crippen LogP contribution in [0.15, 0.2) is 77.7 Å². The second-order valence-corrected chi connectivity index (χ2v) is 12.1. The average molecular weight is 596 g/mol. The van der Waals surface area contributed by atoms with E-state index in [0.717, 1.165) is 55.4 Å². The number of aryl methyl sites for hydroxylation is 1. The molecule has 0 spiro atoms. The molecule has 0 bridgehead atoms. The standard InChI is InChI=1S/C35H41N5O4/c1-24-29(7-6-8-30(24)38-33(41)25-9-11-26(12-10-25)35(2,3)4)31-23-39(5)34(42)32(37-31)36-27-13-15-28(16-14-27)44-22-19-40-17-20-43-21-18-40/h6-16,23H,17-22H2,1-5H3,(H,36,37)(H,38,41). The fraction of sp³-hybridized carbons (Fsp3) is 0.343. The molecule has 1 aliphatic heterocycles. The van der Waals surface area contributed by atoms with Gasteiger partial charge >= 0.3 is 0 Å². The molecule has 0 aliphatic carbocycles. The van der Waals surface area contributed by atoms with Crippen molar-refractivity contribution in [1.82, 2.24) is 14.5 Å². The highest BCUT2D eigenvalue weighted by atomic mass is 16.5. The smallest absolute Gasteiger partial charge is 0.293 e. The van der Waals surface area contributed by atoms with Crippen LogP contribution in [0.2, 0.25) is 0 Å². The number of benzene rings is 3. The van der Waals surface area contributed by atoms with Crippen molar-refractivity contribution in [2.75, 3.05) is 50.1 Å². The minimum atomic E-state index is -0.250. The lowest BCUT2D eigenvalue weighted by Gasteiger charge is -2.26. The van der Waals surface area contributed by atoms with Gasteiger partial charge in [0.05, 0.1) is 18.9 Å². The van der Waals surface area contributed by atoms with Crippen LogP contribution in [0, 0.1) is 6.92 Å². The van der Waals surface area contributed by atoms with Crippen LogP contribution in [0.3, 0.4) is 0 Å². The molecule has 9 nitrogen and oxygen atoms in total. The third kappa shape index (κ3) is 7.53. The van der Waals surface area contributed by atoms with Gasteiger partial charge in [0, 0.05) is 55.4 Å². The number of carbonyl (C=O) groups is 1. The van der Waals surface area contributed by atoms with Crippen LogP contribution in [0.25, 0.3) is 11.3 Å². The molecule has 1 aromatic heterocycles. The maximum atomic E-state index is 13.1. The first-order valence-corrected chi connectivity index (χ1v) is 15.0. The topological polar surface area (TPSA) is 97.7 Å². The molecule has 44 heavy (non-hydrogen) atoms. The summed E-state index contributed by atoms with van der Waals surface area (Å²) in [5.41, 5.74) is 5.20. The van der Waals surface area contributed by atoms with Gasteiger partial charge in [0.25, 0.3) is 11.5 Å². The zero-order valence-electron chi connectivity index (χ0n) is 26.1. The molecule has 0 saturated carbocycles. The van der Waals surface area contributed by atoms with Crippen LogP contribution >= 0.6 is 0 Å². The molecule has 0 radical (unpaired) electrons. The van der Waals surface area contributed by atoms with E-state index < -0.39 is 0 Å². The van der Waals surface area contributed by atoms with Crippen molar-refractivity contribution in [3.63, 3.8) is 0 Å². The van der Waals surface area contributed by atoms with E-state index in [1.54, 1.807) is 13.2 Å². The summed E-state index contributed by atoms with van der Waals surface area (Å²) in [4.78, 5) is 33.1. The van der Waals surface area contributed by atoms with Crippen molar-refractivity contribution in [2.24, 2.45) is 7.05 Å². The Morgan fingerprint density at radius 3 is 2.39 bits per heavy atom. The number of morpholine rings is 1. The van der Waals surface area contributed by atoms with Gasteiger partial charge in [0.1, 0.15) is 12.4 Å². The van der Waals surface area contributed by atoms with Crippen molar-refractivity contribution in [3.05, 3.63) is 100.0 Å². The van der Waals surface area contributed by atoms with E-state index >= 15 is 0 Å². The molecule has 2 heterocycles. The predicted octanol–water partition coefficient (Wildman–Crippen LogP) is 5.76. The summed E-state index contributed by atoms with van der Waals surface area (Å²) >= 11 is 0. The molecular formula is C35H41N5O4. The number of amides is 1. The Morgan fingerprint density at radius 1 is 1.00 bits per heavy atom. The molecule has 1 fully saturated rings. The molecule has 4 aromatic rings. The molecule has 9 heteroatoms. The van der Waals surface area contributed by atoms with Crippen LogP contribution in [0.5, 0.6) is 5.75 Å². The highest BCUT2D eigenvalue weighted by Gasteiger charge is 2.17. The number of rotatable bonds is 9. The zero-order valence-corrected chi connectivity index (χ0v) is 26.1. The summed E-state index contributed by atoms with van der Waals surface area (Å²) in [6, 6.07) is 20.9. The summed E-state index contributed by atoms with van der Waals surface area (Å²) in [5.74, 6) is 0.784. The summed E-state index contributed by atoms with van der Waals surface area (Å²) < 4.78 is 12.8. The van der Waals surface area contributed by atoms with Gasteiger partial charge < -0.3 is 24.7 Å². The number of nitrogens with one attached hydrogen (secondary N) is 2. The normalized spacial score (nSPS) is 13.8. The molecule has 1 amide bonds. The number of nitrogens with zero attached hydrogens (tertiary/aromatic N) is 3. The van der Waals surface area contributed by atoms with Crippen molar-refractivity contribution in [1.29, 1.82) is 0 Å². The van der Waals surface area contributed by atoms with Gasteiger partial charge in [-0.15, -0.1) is 0 Å². The fourth-order valence-electron chi connectivity index (χ4n) is 5.07. The van der Waals surface area contributed by atoms with E-state index in [9.17, 15) is 9.59 Å². The Morgan fingerprint density at radius 2 is 1.70 bits per heavy atom. The molecule has 5 rings (SSSR count). The lowest BCUT2D eigenvalue weighted by molar-refractivity contribution is 0.0322. The molecule has 2 N–H and O–H groups in total. The Labute approximate surface area is 258 Å². The Balaban J connectivity index is 1.28. The quantitative estimate of drug-likeness (QED) is 0.254. The SMILES string of the molecule is Cc1c(NC(=O)c2ccc(C(C)(C)C)cc2)cccc1-c1cn(C)c(=O)c(Nc2ccc(OCCN3CCOCC3)cc2)n1. The molecule has 0 atom stereocenters. The zero-order chi connectivity index (χ0) is 31.3. The third-order valence-corrected chi connectivity index (χ3v) is 7.84. The van der Waals surface area contributed by atoms with Crippen LogP contribution in [0.1, 0.15) is 42.3 Å². The number of carbonyl (C=O) groups excluding carboxylic acids is 1. The van der Waals surface area contributed by atoms with Gasteiger partial charge in [-0.05, 0) is 65.9 Å². The van der Waals surface area contributed by atoms with Crippen molar-refractivity contribution < 1.29 is 14.3 Å². The van der Waals surface area contributed by atoms with E-state index in [-0.39, 0.29) is 22.7 Å². The summed E-state index contributed by atoms with van der Waals surface area (Å²) in [6.07, 6.45) is 1.71. The van der Waals surface area contributed by atoms with Crippen LogP contribution in [0.4, 0.5) is 17.2 Å². The van der Waals surface area contributed by atoms with Crippen molar-refractivity contribution in [2.45, 2.75) is 33.1 Å². The first-order chi connectivity index (χ1) is 21.1. The summed E-state index contributed by atoms with van der Waals surface area (Å²) in [5, 5.41) is 6.21. The number of anilines is 3. The predicted molar refractivity (Wildman–Crippen MR) is 175 cm³/mol. The van der Waals surface area contributed by atoms with Crippen molar-refractivity contribution >= 4 is 23.1 Å².